The van der Waals surface area contributed by atoms with E-state index in [1.807, 2.05) is 0 Å². The molecule has 1 aromatic carbocycles. The Morgan fingerprint density at radius 2 is 2.19 bits per heavy atom. The quantitative estimate of drug-likeness (QED) is 0.503. The van der Waals surface area contributed by atoms with Crippen LogP contribution in [0.15, 0.2) is 18.2 Å². The van der Waals surface area contributed by atoms with E-state index >= 15 is 0 Å². The van der Waals surface area contributed by atoms with Crippen molar-refractivity contribution in [1.82, 2.24) is 0 Å². The van der Waals surface area contributed by atoms with Crippen molar-refractivity contribution in [3.05, 3.63) is 33.9 Å². The van der Waals surface area contributed by atoms with Gasteiger partial charge < -0.3 is 5.32 Å². The molecule has 0 radical (unpaired) electrons. The number of carbonyl (C=O) groups is 1. The summed E-state index contributed by atoms with van der Waals surface area (Å²) in [4.78, 5) is 21.4. The van der Waals surface area contributed by atoms with Crippen LogP contribution < -0.4 is 5.32 Å². The number of alkyl halides is 1. The lowest BCUT2D eigenvalue weighted by molar-refractivity contribution is -0.385. The SMILES string of the molecule is Cc1ccc(NC(=O)[C@H](C)Cl)cc1[N+](=O)[O-]. The molecule has 0 aliphatic carbocycles. The molecule has 0 unspecified atom stereocenters. The Morgan fingerprint density at radius 3 is 2.69 bits per heavy atom. The van der Waals surface area contributed by atoms with Crippen LogP contribution in [-0.4, -0.2) is 16.2 Å². The minimum atomic E-state index is -0.680. The van der Waals surface area contributed by atoms with Crippen LogP contribution >= 0.6 is 11.6 Å². The lowest BCUT2D eigenvalue weighted by Gasteiger charge is -2.06. The predicted octanol–water partition coefficient (Wildman–Crippen LogP) is 2.47. The maximum Gasteiger partial charge on any atom is 0.274 e. The maximum absolute atomic E-state index is 11.3. The van der Waals surface area contributed by atoms with Gasteiger partial charge in [0.25, 0.3) is 5.69 Å². The van der Waals surface area contributed by atoms with Crippen molar-refractivity contribution in [3.8, 4) is 0 Å². The molecule has 0 fully saturated rings. The summed E-state index contributed by atoms with van der Waals surface area (Å²) >= 11 is 5.57. The number of nitrogens with zero attached hydrogens (tertiary/aromatic N) is 1. The number of hydrogen-bond acceptors (Lipinski definition) is 3. The Labute approximate surface area is 97.6 Å². The number of aryl methyl sites for hydroxylation is 1. The van der Waals surface area contributed by atoms with Crippen LogP contribution in [0.5, 0.6) is 0 Å². The predicted molar refractivity (Wildman–Crippen MR) is 61.8 cm³/mol. The summed E-state index contributed by atoms with van der Waals surface area (Å²) in [6.07, 6.45) is 0. The van der Waals surface area contributed by atoms with Gasteiger partial charge in [-0.1, -0.05) is 6.07 Å². The third-order valence-electron chi connectivity index (χ3n) is 2.03. The van der Waals surface area contributed by atoms with Gasteiger partial charge in [-0.2, -0.15) is 0 Å². The van der Waals surface area contributed by atoms with Gasteiger partial charge in [0, 0.05) is 17.3 Å². The van der Waals surface area contributed by atoms with E-state index in [2.05, 4.69) is 5.32 Å². The molecule has 1 amide bonds. The highest BCUT2D eigenvalue weighted by Crippen LogP contribution is 2.22. The zero-order chi connectivity index (χ0) is 12.3. The minimum Gasteiger partial charge on any atom is -0.325 e. The number of nitro groups is 1. The molecule has 1 N–H and O–H groups in total. The van der Waals surface area contributed by atoms with E-state index in [1.54, 1.807) is 19.1 Å². The van der Waals surface area contributed by atoms with Gasteiger partial charge in [0.15, 0.2) is 0 Å². The lowest BCUT2D eigenvalue weighted by atomic mass is 10.2. The zero-order valence-electron chi connectivity index (χ0n) is 8.86. The van der Waals surface area contributed by atoms with Gasteiger partial charge in [0.05, 0.1) is 4.92 Å². The van der Waals surface area contributed by atoms with Gasteiger partial charge in [-0.05, 0) is 19.9 Å². The summed E-state index contributed by atoms with van der Waals surface area (Å²) < 4.78 is 0. The second-order valence-corrected chi connectivity index (χ2v) is 4.02. The summed E-state index contributed by atoms with van der Waals surface area (Å²) in [5, 5.41) is 12.5. The monoisotopic (exact) mass is 242 g/mol. The van der Waals surface area contributed by atoms with Gasteiger partial charge in [-0.15, -0.1) is 11.6 Å². The molecular formula is C10H11ClN2O3. The second kappa shape index (κ2) is 4.94. The Hall–Kier alpha value is -1.62. The molecule has 5 nitrogen and oxygen atoms in total. The largest absolute Gasteiger partial charge is 0.325 e. The molecule has 1 rings (SSSR count). The van der Waals surface area contributed by atoms with Crippen molar-refractivity contribution >= 4 is 28.9 Å². The fourth-order valence-corrected chi connectivity index (χ4v) is 1.18. The number of nitrogens with one attached hydrogen (secondary N) is 1. The lowest BCUT2D eigenvalue weighted by Crippen LogP contribution is -2.20. The van der Waals surface area contributed by atoms with E-state index in [4.69, 9.17) is 11.6 Å². The van der Waals surface area contributed by atoms with Crippen LogP contribution in [0.3, 0.4) is 0 Å². The van der Waals surface area contributed by atoms with Gasteiger partial charge >= 0.3 is 0 Å². The summed E-state index contributed by atoms with van der Waals surface area (Å²) in [6.45, 7) is 3.16. The standard InChI is InChI=1S/C10H11ClN2O3/c1-6-3-4-8(5-9(6)13(15)16)12-10(14)7(2)11/h3-5,7H,1-2H3,(H,12,14)/t7-/m0/s1. The van der Waals surface area contributed by atoms with Crippen molar-refractivity contribution in [3.63, 3.8) is 0 Å². The number of rotatable bonds is 3. The number of hydrogen-bond donors (Lipinski definition) is 1. The van der Waals surface area contributed by atoms with E-state index in [-0.39, 0.29) is 11.6 Å². The Balaban J connectivity index is 2.95. The van der Waals surface area contributed by atoms with Crippen LogP contribution in [0.1, 0.15) is 12.5 Å². The molecule has 1 atom stereocenters. The van der Waals surface area contributed by atoms with Crippen LogP contribution in [-0.2, 0) is 4.79 Å². The topological polar surface area (TPSA) is 72.2 Å². The highest BCUT2D eigenvalue weighted by molar-refractivity contribution is 6.32. The number of halogens is 1. The first-order valence-corrected chi connectivity index (χ1v) is 5.05. The molecule has 0 aliphatic heterocycles. The fourth-order valence-electron chi connectivity index (χ4n) is 1.13. The third-order valence-corrected chi connectivity index (χ3v) is 2.23. The van der Waals surface area contributed by atoms with Crippen LogP contribution in [0.2, 0.25) is 0 Å². The van der Waals surface area contributed by atoms with E-state index in [1.165, 1.54) is 13.0 Å². The van der Waals surface area contributed by atoms with Gasteiger partial charge in [-0.3, -0.25) is 14.9 Å². The van der Waals surface area contributed by atoms with Gasteiger partial charge in [-0.25, -0.2) is 0 Å². The number of anilines is 1. The van der Waals surface area contributed by atoms with Crippen molar-refractivity contribution in [2.24, 2.45) is 0 Å². The number of carbonyl (C=O) groups excluding carboxylic acids is 1. The van der Waals surface area contributed by atoms with Crippen LogP contribution in [0, 0.1) is 17.0 Å². The molecule has 6 heteroatoms. The van der Waals surface area contributed by atoms with E-state index in [0.29, 0.717) is 11.3 Å². The van der Waals surface area contributed by atoms with Crippen molar-refractivity contribution < 1.29 is 9.72 Å². The number of nitro benzene ring substituents is 1. The fraction of sp³-hybridized carbons (Fsp3) is 0.300. The molecule has 0 saturated carbocycles. The molecule has 0 saturated heterocycles. The third kappa shape index (κ3) is 2.93. The zero-order valence-corrected chi connectivity index (χ0v) is 9.62. The average molecular weight is 243 g/mol. The van der Waals surface area contributed by atoms with E-state index in [0.717, 1.165) is 0 Å². The smallest absolute Gasteiger partial charge is 0.274 e. The minimum absolute atomic E-state index is 0.0278. The first-order valence-electron chi connectivity index (χ1n) is 4.62. The van der Waals surface area contributed by atoms with Crippen LogP contribution in [0.4, 0.5) is 11.4 Å². The Bertz CT molecular complexity index is 432. The maximum atomic E-state index is 11.3. The molecule has 0 aromatic heterocycles. The molecule has 0 bridgehead atoms. The molecule has 1 aromatic rings. The summed E-state index contributed by atoms with van der Waals surface area (Å²) in [5.41, 5.74) is 0.886. The number of amides is 1. The molecule has 0 spiro atoms. The Kier molecular flexibility index (Phi) is 3.84. The number of benzene rings is 1. The molecular weight excluding hydrogens is 232 g/mol. The van der Waals surface area contributed by atoms with Crippen molar-refractivity contribution in [2.45, 2.75) is 19.2 Å². The first kappa shape index (κ1) is 12.4. The van der Waals surface area contributed by atoms with Crippen molar-refractivity contribution in [1.29, 1.82) is 0 Å². The average Bonchev–Trinajstić information content (AvgIpc) is 2.20. The summed E-state index contributed by atoms with van der Waals surface area (Å²) in [5.74, 6) is -0.389. The van der Waals surface area contributed by atoms with Crippen molar-refractivity contribution in [2.75, 3.05) is 5.32 Å². The summed E-state index contributed by atoms with van der Waals surface area (Å²) in [6, 6.07) is 4.48. The van der Waals surface area contributed by atoms with Crippen LogP contribution in [0.25, 0.3) is 0 Å². The first-order chi connectivity index (χ1) is 7.41. The molecule has 86 valence electrons. The molecule has 0 heterocycles. The Morgan fingerprint density at radius 1 is 1.56 bits per heavy atom. The van der Waals surface area contributed by atoms with E-state index < -0.39 is 10.3 Å². The molecule has 16 heavy (non-hydrogen) atoms. The summed E-state index contributed by atoms with van der Waals surface area (Å²) in [7, 11) is 0. The van der Waals surface area contributed by atoms with E-state index in [9.17, 15) is 14.9 Å². The van der Waals surface area contributed by atoms with Gasteiger partial charge in [0.2, 0.25) is 5.91 Å². The second-order valence-electron chi connectivity index (χ2n) is 3.36. The van der Waals surface area contributed by atoms with Gasteiger partial charge in [0.1, 0.15) is 5.38 Å². The molecule has 0 aliphatic rings. The highest BCUT2D eigenvalue weighted by atomic mass is 35.5. The normalized spacial score (nSPS) is 11.9. The highest BCUT2D eigenvalue weighted by Gasteiger charge is 2.14.